The molecule has 3 saturated carbocycles. The molecule has 1 N–H and O–H groups in total. The number of carbonyl (C=O) groups is 2. The second-order valence-corrected chi connectivity index (χ2v) is 10.1. The van der Waals surface area contributed by atoms with E-state index in [0.717, 1.165) is 38.5 Å². The Morgan fingerprint density at radius 1 is 1.33 bits per heavy atom. The first-order chi connectivity index (χ1) is 15.9. The Hall–Kier alpha value is -2.19. The molecule has 33 heavy (non-hydrogen) atoms. The van der Waals surface area contributed by atoms with E-state index in [-0.39, 0.29) is 41.6 Å². The summed E-state index contributed by atoms with van der Waals surface area (Å²) >= 11 is 0. The molecule has 1 aromatic carbocycles. The van der Waals surface area contributed by atoms with Gasteiger partial charge in [0.05, 0.1) is 6.61 Å². The summed E-state index contributed by atoms with van der Waals surface area (Å²) in [6, 6.07) is 2.62. The molecule has 1 aliphatic heterocycles. The van der Waals surface area contributed by atoms with Gasteiger partial charge >= 0.3 is 13.1 Å². The van der Waals surface area contributed by atoms with Gasteiger partial charge in [-0.25, -0.2) is 9.18 Å². The molecular weight excluding hydrogens is 426 g/mol. The van der Waals surface area contributed by atoms with Crippen molar-refractivity contribution in [3.05, 3.63) is 36.2 Å². The minimum absolute atomic E-state index is 0.0180. The SMILES string of the molecule is C=CC1CCC23CCCC(C(OC(=O)COc4cc5c(cc4F)COB5O)C1)C2C(=O)CC3. The van der Waals surface area contributed by atoms with Crippen LogP contribution in [-0.2, 0) is 25.6 Å². The Bertz CT molecular complexity index is 966. The van der Waals surface area contributed by atoms with Gasteiger partial charge in [0, 0.05) is 18.3 Å². The predicted molar refractivity (Wildman–Crippen MR) is 119 cm³/mol. The zero-order valence-corrected chi connectivity index (χ0v) is 18.8. The fourth-order valence-electron chi connectivity index (χ4n) is 6.75. The number of ether oxygens (including phenoxy) is 2. The molecule has 0 saturated heterocycles. The average molecular weight is 456 g/mol. The number of esters is 1. The van der Waals surface area contributed by atoms with Crippen LogP contribution in [0.5, 0.6) is 5.75 Å². The Morgan fingerprint density at radius 2 is 2.18 bits per heavy atom. The molecule has 176 valence electrons. The van der Waals surface area contributed by atoms with Crippen molar-refractivity contribution in [1.29, 1.82) is 0 Å². The van der Waals surface area contributed by atoms with Gasteiger partial charge < -0.3 is 19.2 Å². The minimum Gasteiger partial charge on any atom is -0.479 e. The van der Waals surface area contributed by atoms with E-state index in [9.17, 15) is 19.0 Å². The zero-order valence-electron chi connectivity index (χ0n) is 18.8. The highest BCUT2D eigenvalue weighted by molar-refractivity contribution is 6.61. The van der Waals surface area contributed by atoms with Crippen LogP contribution >= 0.6 is 0 Å². The number of carbonyl (C=O) groups excluding carboxylic acids is 2. The van der Waals surface area contributed by atoms with Crippen LogP contribution in [0.1, 0.15) is 56.9 Å². The van der Waals surface area contributed by atoms with E-state index >= 15 is 0 Å². The molecule has 0 spiro atoms. The molecule has 5 rings (SSSR count). The molecule has 1 aromatic rings. The van der Waals surface area contributed by atoms with Crippen molar-refractivity contribution in [2.75, 3.05) is 6.61 Å². The van der Waals surface area contributed by atoms with Gasteiger partial charge in [0.1, 0.15) is 11.9 Å². The predicted octanol–water partition coefficient (Wildman–Crippen LogP) is 3.09. The van der Waals surface area contributed by atoms with E-state index < -0.39 is 25.5 Å². The lowest BCUT2D eigenvalue weighted by atomic mass is 9.57. The third-order valence-electron chi connectivity index (χ3n) is 8.36. The van der Waals surface area contributed by atoms with Crippen LogP contribution in [0.4, 0.5) is 4.39 Å². The zero-order chi connectivity index (χ0) is 23.2. The van der Waals surface area contributed by atoms with Gasteiger partial charge in [0.15, 0.2) is 18.2 Å². The summed E-state index contributed by atoms with van der Waals surface area (Å²) in [7, 11) is -1.13. The van der Waals surface area contributed by atoms with Crippen LogP contribution in [0.25, 0.3) is 0 Å². The number of hydrogen-bond donors (Lipinski definition) is 1. The van der Waals surface area contributed by atoms with Crippen molar-refractivity contribution in [1.82, 2.24) is 0 Å². The highest BCUT2D eigenvalue weighted by Gasteiger charge is 2.56. The van der Waals surface area contributed by atoms with Crippen LogP contribution in [-0.4, -0.2) is 36.6 Å². The number of rotatable bonds is 5. The summed E-state index contributed by atoms with van der Waals surface area (Å²) in [5.41, 5.74) is 1.04. The van der Waals surface area contributed by atoms with Gasteiger partial charge in [-0.3, -0.25) is 4.79 Å². The maximum atomic E-state index is 14.4. The van der Waals surface area contributed by atoms with Gasteiger partial charge in [0.2, 0.25) is 0 Å². The molecule has 0 radical (unpaired) electrons. The van der Waals surface area contributed by atoms with E-state index in [0.29, 0.717) is 29.7 Å². The molecule has 0 aromatic heterocycles. The third kappa shape index (κ3) is 4.12. The highest BCUT2D eigenvalue weighted by Crippen LogP contribution is 2.58. The normalized spacial score (nSPS) is 33.0. The average Bonchev–Trinajstić information content (AvgIpc) is 3.33. The van der Waals surface area contributed by atoms with E-state index in [4.69, 9.17) is 14.1 Å². The molecule has 8 heteroatoms. The summed E-state index contributed by atoms with van der Waals surface area (Å²) in [5, 5.41) is 9.84. The number of fused-ring (bicyclic) bond motifs is 1. The Morgan fingerprint density at radius 3 is 3.00 bits per heavy atom. The van der Waals surface area contributed by atoms with Crippen molar-refractivity contribution >= 4 is 24.3 Å². The second-order valence-electron chi connectivity index (χ2n) is 10.1. The smallest absolute Gasteiger partial charge is 0.479 e. The summed E-state index contributed by atoms with van der Waals surface area (Å²) in [5.74, 6) is -0.800. The maximum absolute atomic E-state index is 14.4. The Kier molecular flexibility index (Phi) is 6.08. The lowest BCUT2D eigenvalue weighted by Crippen LogP contribution is -2.47. The van der Waals surface area contributed by atoms with Crippen LogP contribution in [0.2, 0.25) is 0 Å². The summed E-state index contributed by atoms with van der Waals surface area (Å²) in [6.45, 7) is 3.66. The maximum Gasteiger partial charge on any atom is 0.491 e. The van der Waals surface area contributed by atoms with Crippen molar-refractivity contribution < 1.29 is 33.1 Å². The Balaban J connectivity index is 1.30. The van der Waals surface area contributed by atoms with Crippen LogP contribution in [0, 0.1) is 29.0 Å². The minimum atomic E-state index is -1.13. The molecule has 3 fully saturated rings. The van der Waals surface area contributed by atoms with Crippen molar-refractivity contribution in [3.63, 3.8) is 0 Å². The summed E-state index contributed by atoms with van der Waals surface area (Å²) in [6.07, 6.45) is 8.75. The van der Waals surface area contributed by atoms with Crippen LogP contribution in [0.3, 0.4) is 0 Å². The van der Waals surface area contributed by atoms with E-state index in [1.54, 1.807) is 0 Å². The van der Waals surface area contributed by atoms with Gasteiger partial charge in [-0.15, -0.1) is 6.58 Å². The largest absolute Gasteiger partial charge is 0.491 e. The van der Waals surface area contributed by atoms with Crippen molar-refractivity contribution in [2.45, 2.75) is 64.1 Å². The van der Waals surface area contributed by atoms with Crippen LogP contribution < -0.4 is 10.2 Å². The van der Waals surface area contributed by atoms with Gasteiger partial charge in [-0.2, -0.15) is 0 Å². The quantitative estimate of drug-likeness (QED) is 0.417. The van der Waals surface area contributed by atoms with Crippen molar-refractivity contribution in [2.24, 2.45) is 23.2 Å². The monoisotopic (exact) mass is 456 g/mol. The molecule has 3 aliphatic carbocycles. The molecular formula is C25H30BFO6. The highest BCUT2D eigenvalue weighted by atomic mass is 19.1. The van der Waals surface area contributed by atoms with Crippen LogP contribution in [0.15, 0.2) is 24.8 Å². The first-order valence-electron chi connectivity index (χ1n) is 12.0. The second kappa shape index (κ2) is 8.87. The number of hydrogen-bond acceptors (Lipinski definition) is 6. The van der Waals surface area contributed by atoms with Gasteiger partial charge in [0.25, 0.3) is 0 Å². The van der Waals surface area contributed by atoms with Gasteiger partial charge in [-0.05, 0) is 73.0 Å². The molecule has 5 atom stereocenters. The fourth-order valence-corrected chi connectivity index (χ4v) is 6.75. The standard InChI is InChI=1S/C25H30BFO6/c1-2-15-5-8-25-7-3-4-17(24(25)20(28)6-9-25)21(10-15)33-23(29)14-31-22-12-18-16(11-19(22)27)13-32-26(18)30/h2,11-12,15,17,21,24,30H,1,3-10,13-14H2. The van der Waals surface area contributed by atoms with E-state index in [2.05, 4.69) is 6.58 Å². The topological polar surface area (TPSA) is 82.1 Å². The van der Waals surface area contributed by atoms with Crippen molar-refractivity contribution in [3.8, 4) is 5.75 Å². The number of benzene rings is 1. The van der Waals surface area contributed by atoms with E-state index in [1.807, 2.05) is 6.08 Å². The molecule has 0 amide bonds. The van der Waals surface area contributed by atoms with E-state index in [1.165, 1.54) is 12.1 Å². The number of ketones is 1. The molecule has 6 nitrogen and oxygen atoms in total. The number of halogens is 1. The first-order valence-corrected chi connectivity index (χ1v) is 12.0. The summed E-state index contributed by atoms with van der Waals surface area (Å²) in [4.78, 5) is 25.6. The van der Waals surface area contributed by atoms with Gasteiger partial charge in [-0.1, -0.05) is 12.5 Å². The Labute approximate surface area is 193 Å². The summed E-state index contributed by atoms with van der Waals surface area (Å²) < 4.78 is 30.8. The third-order valence-corrected chi connectivity index (χ3v) is 8.36. The fraction of sp³-hybridized carbons (Fsp3) is 0.600. The molecule has 5 unspecified atom stereocenters. The lowest BCUT2D eigenvalue weighted by molar-refractivity contribution is -0.162. The molecule has 4 aliphatic rings. The lowest BCUT2D eigenvalue weighted by Gasteiger charge is -2.48. The number of allylic oxidation sites excluding steroid dienone is 1. The molecule has 1 heterocycles. The number of Topliss-reactive ketones (excluding diaryl/α,β-unsaturated/α-hetero) is 1. The first kappa shape index (κ1) is 22.6. The molecule has 2 bridgehead atoms.